The summed E-state index contributed by atoms with van der Waals surface area (Å²) in [5, 5.41) is 8.46. The summed E-state index contributed by atoms with van der Waals surface area (Å²) >= 11 is 0. The van der Waals surface area contributed by atoms with Crippen molar-refractivity contribution < 1.29 is 19.1 Å². The quantitative estimate of drug-likeness (QED) is 0.0257. The Bertz CT molecular complexity index is 1800. The Kier molecular flexibility index (Phi) is 22.0. The molecule has 0 bridgehead atoms. The van der Waals surface area contributed by atoms with Crippen molar-refractivity contribution in [2.75, 3.05) is 0 Å². The number of esters is 2. The molecule has 6 heteroatoms. The molecule has 0 aromatic heterocycles. The van der Waals surface area contributed by atoms with Gasteiger partial charge in [0.2, 0.25) is 0 Å². The SMILES string of the molecule is CC(C)CCC[C@@H](C)[C@H]1CC[C@H]2[C@@H]3CC=C4C[C@@H](OC(=O)CCCCCCCCCCCCCCCCCCCCC(=O)Oc5ccc(N=Nc6ccccc6)cc5)CC[C@]4(C)[C@H]3CC[C@]12C. The van der Waals surface area contributed by atoms with E-state index in [2.05, 4.69) is 50.9 Å². The molecular formula is C61H94N2O4. The molecule has 3 fully saturated rings. The van der Waals surface area contributed by atoms with Gasteiger partial charge in [-0.25, -0.2) is 0 Å². The van der Waals surface area contributed by atoms with E-state index < -0.39 is 0 Å². The van der Waals surface area contributed by atoms with Crippen LogP contribution in [0.4, 0.5) is 11.4 Å². The number of unbranched alkanes of at least 4 members (excludes halogenated alkanes) is 17. The highest BCUT2D eigenvalue weighted by atomic mass is 16.5. The molecule has 0 saturated heterocycles. The van der Waals surface area contributed by atoms with Gasteiger partial charge in [-0.1, -0.05) is 186 Å². The molecule has 4 aliphatic rings. The summed E-state index contributed by atoms with van der Waals surface area (Å²) in [6, 6.07) is 16.8. The van der Waals surface area contributed by atoms with Gasteiger partial charge in [0.25, 0.3) is 0 Å². The highest BCUT2D eigenvalue weighted by Crippen LogP contribution is 2.67. The Morgan fingerprint density at radius 2 is 1.15 bits per heavy atom. The Morgan fingerprint density at radius 3 is 1.73 bits per heavy atom. The number of fused-ring (bicyclic) bond motifs is 5. The summed E-state index contributed by atoms with van der Waals surface area (Å²) in [6.07, 6.45) is 40.9. The minimum absolute atomic E-state index is 0.0476. The van der Waals surface area contributed by atoms with E-state index in [0.717, 1.165) is 85.4 Å². The van der Waals surface area contributed by atoms with Gasteiger partial charge in [0.05, 0.1) is 11.4 Å². The number of nitrogens with zero attached hydrogens (tertiary/aromatic N) is 2. The van der Waals surface area contributed by atoms with Crippen LogP contribution in [0.3, 0.4) is 0 Å². The van der Waals surface area contributed by atoms with E-state index in [-0.39, 0.29) is 18.0 Å². The lowest BCUT2D eigenvalue weighted by Crippen LogP contribution is -2.51. The molecular weight excluding hydrogens is 825 g/mol. The van der Waals surface area contributed by atoms with Crippen LogP contribution in [-0.2, 0) is 14.3 Å². The summed E-state index contributed by atoms with van der Waals surface area (Å²) in [5.41, 5.74) is 4.01. The van der Waals surface area contributed by atoms with Crippen LogP contribution in [0.1, 0.15) is 234 Å². The Labute approximate surface area is 409 Å². The molecule has 67 heavy (non-hydrogen) atoms. The van der Waals surface area contributed by atoms with Crippen molar-refractivity contribution in [1.82, 2.24) is 0 Å². The van der Waals surface area contributed by atoms with E-state index in [1.165, 1.54) is 148 Å². The van der Waals surface area contributed by atoms with E-state index >= 15 is 0 Å². The van der Waals surface area contributed by atoms with Crippen LogP contribution in [0, 0.1) is 46.3 Å². The Balaban J connectivity index is 0.699. The van der Waals surface area contributed by atoms with Gasteiger partial charge in [-0.2, -0.15) is 10.2 Å². The molecule has 8 atom stereocenters. The van der Waals surface area contributed by atoms with Crippen molar-refractivity contribution >= 4 is 23.3 Å². The molecule has 0 radical (unpaired) electrons. The van der Waals surface area contributed by atoms with Crippen LogP contribution in [0.25, 0.3) is 0 Å². The maximum Gasteiger partial charge on any atom is 0.311 e. The van der Waals surface area contributed by atoms with Crippen LogP contribution in [0.2, 0.25) is 0 Å². The summed E-state index contributed by atoms with van der Waals surface area (Å²) in [5.74, 6) is 5.62. The van der Waals surface area contributed by atoms with Crippen molar-refractivity contribution in [3.63, 3.8) is 0 Å². The average Bonchev–Trinajstić information content (AvgIpc) is 3.68. The second kappa shape index (κ2) is 27.8. The van der Waals surface area contributed by atoms with Crippen molar-refractivity contribution in [2.24, 2.45) is 56.6 Å². The number of benzene rings is 2. The molecule has 0 unspecified atom stereocenters. The van der Waals surface area contributed by atoms with Gasteiger partial charge in [-0.15, -0.1) is 0 Å². The normalized spacial score (nSPS) is 26.2. The summed E-state index contributed by atoms with van der Waals surface area (Å²) < 4.78 is 11.7. The smallest absolute Gasteiger partial charge is 0.311 e. The van der Waals surface area contributed by atoms with Gasteiger partial charge in [0.1, 0.15) is 11.9 Å². The highest BCUT2D eigenvalue weighted by molar-refractivity contribution is 5.72. The third kappa shape index (κ3) is 16.4. The summed E-state index contributed by atoms with van der Waals surface area (Å²) in [4.78, 5) is 25.2. The fourth-order valence-electron chi connectivity index (χ4n) is 13.7. The minimum Gasteiger partial charge on any atom is -0.462 e. The lowest BCUT2D eigenvalue weighted by atomic mass is 9.47. The second-order valence-electron chi connectivity index (χ2n) is 23.0. The van der Waals surface area contributed by atoms with Gasteiger partial charge in [0, 0.05) is 19.3 Å². The van der Waals surface area contributed by atoms with Gasteiger partial charge < -0.3 is 9.47 Å². The molecule has 3 saturated carbocycles. The van der Waals surface area contributed by atoms with Gasteiger partial charge in [0.15, 0.2) is 0 Å². The second-order valence-corrected chi connectivity index (χ2v) is 23.0. The molecule has 0 amide bonds. The van der Waals surface area contributed by atoms with Crippen LogP contribution in [-0.4, -0.2) is 18.0 Å². The Hall–Kier alpha value is -3.28. The number of allylic oxidation sites excluding steroid dienone is 1. The van der Waals surface area contributed by atoms with Crippen LogP contribution in [0.15, 0.2) is 76.5 Å². The number of rotatable bonds is 30. The molecule has 6 rings (SSSR count). The number of azo groups is 1. The number of hydrogen-bond acceptors (Lipinski definition) is 6. The maximum absolute atomic E-state index is 13.0. The topological polar surface area (TPSA) is 77.3 Å². The zero-order chi connectivity index (χ0) is 47.3. The van der Waals surface area contributed by atoms with Crippen LogP contribution < -0.4 is 4.74 Å². The van der Waals surface area contributed by atoms with Crippen molar-refractivity contribution in [3.8, 4) is 5.75 Å². The van der Waals surface area contributed by atoms with Gasteiger partial charge in [-0.3, -0.25) is 9.59 Å². The first-order valence-corrected chi connectivity index (χ1v) is 28.2. The minimum atomic E-state index is -0.166. The zero-order valence-corrected chi connectivity index (χ0v) is 43.3. The average molecular weight is 919 g/mol. The largest absolute Gasteiger partial charge is 0.462 e. The molecule has 0 heterocycles. The predicted octanol–water partition coefficient (Wildman–Crippen LogP) is 18.8. The molecule has 4 aliphatic carbocycles. The summed E-state index contributed by atoms with van der Waals surface area (Å²) in [6.45, 7) is 12.6. The van der Waals surface area contributed by atoms with Crippen molar-refractivity contribution in [3.05, 3.63) is 66.2 Å². The fraction of sp³-hybridized carbons (Fsp3) is 0.738. The van der Waals surface area contributed by atoms with Gasteiger partial charge >= 0.3 is 11.9 Å². The molecule has 0 N–H and O–H groups in total. The van der Waals surface area contributed by atoms with E-state index in [0.29, 0.717) is 29.4 Å². The first-order chi connectivity index (χ1) is 32.5. The van der Waals surface area contributed by atoms with E-state index in [1.54, 1.807) is 17.7 Å². The third-order valence-corrected chi connectivity index (χ3v) is 17.7. The van der Waals surface area contributed by atoms with E-state index in [1.807, 2.05) is 42.5 Å². The predicted molar refractivity (Wildman–Crippen MR) is 278 cm³/mol. The summed E-state index contributed by atoms with van der Waals surface area (Å²) in [7, 11) is 0. The molecule has 6 nitrogen and oxygen atoms in total. The highest BCUT2D eigenvalue weighted by Gasteiger charge is 2.59. The zero-order valence-electron chi connectivity index (χ0n) is 43.3. The first kappa shape index (κ1) is 53.1. The van der Waals surface area contributed by atoms with Crippen LogP contribution >= 0.6 is 0 Å². The Morgan fingerprint density at radius 1 is 0.597 bits per heavy atom. The fourth-order valence-corrected chi connectivity index (χ4v) is 13.7. The number of hydrogen-bond donors (Lipinski definition) is 0. The molecule has 2 aromatic carbocycles. The van der Waals surface area contributed by atoms with E-state index in [9.17, 15) is 9.59 Å². The lowest BCUT2D eigenvalue weighted by Gasteiger charge is -2.58. The third-order valence-electron chi connectivity index (χ3n) is 17.7. The van der Waals surface area contributed by atoms with Gasteiger partial charge in [-0.05, 0) is 141 Å². The monoisotopic (exact) mass is 919 g/mol. The molecule has 372 valence electrons. The lowest BCUT2D eigenvalue weighted by molar-refractivity contribution is -0.151. The van der Waals surface area contributed by atoms with Crippen LogP contribution in [0.5, 0.6) is 5.75 Å². The van der Waals surface area contributed by atoms with Crippen molar-refractivity contribution in [2.45, 2.75) is 240 Å². The standard InChI is InChI=1S/C61H94N2O4/c1-47(2)28-27-29-48(3)55-40-41-56-54-39-34-49-46-53(42-44-60(49,4)57(54)43-45-61(55,56)5)67-59(65)33-26-21-19-17-15-13-11-9-7-6-8-10-12-14-16-18-20-25-32-58(64)66-52-37-35-51(36-38-52)63-62-50-30-23-22-24-31-50/h22-24,30-31,34-38,47-48,53-57H,6-21,25-29,32-33,39-46H2,1-5H3/t48-,53+,54+,55-,56+,57+,60+,61-/m1/s1. The molecule has 0 aliphatic heterocycles. The van der Waals surface area contributed by atoms with Crippen molar-refractivity contribution in [1.29, 1.82) is 0 Å². The molecule has 0 spiro atoms. The number of carbonyl (C=O) groups is 2. The first-order valence-electron chi connectivity index (χ1n) is 28.2. The number of ether oxygens (including phenoxy) is 2. The molecule has 2 aromatic rings. The number of carbonyl (C=O) groups excluding carboxylic acids is 2. The maximum atomic E-state index is 13.0. The van der Waals surface area contributed by atoms with E-state index in [4.69, 9.17) is 9.47 Å².